The third kappa shape index (κ3) is 2.54. The number of nitrogens with zero attached hydrogens (tertiary/aromatic N) is 2. The summed E-state index contributed by atoms with van der Waals surface area (Å²) >= 11 is 0. The number of hydrogen-bond acceptors (Lipinski definition) is 5. The van der Waals surface area contributed by atoms with Crippen molar-refractivity contribution in [3.63, 3.8) is 0 Å². The third-order valence-electron chi connectivity index (χ3n) is 4.29. The Hall–Kier alpha value is -2.21. The molecule has 1 aromatic heterocycles. The number of hydrogen-bond donors (Lipinski definition) is 2. The molecule has 3 N–H and O–H groups in total. The molecule has 21 heavy (non-hydrogen) atoms. The van der Waals surface area contributed by atoms with Gasteiger partial charge in [-0.2, -0.15) is 0 Å². The molecule has 1 heterocycles. The summed E-state index contributed by atoms with van der Waals surface area (Å²) in [5.41, 5.74) is 6.82. The van der Waals surface area contributed by atoms with E-state index >= 15 is 0 Å². The van der Waals surface area contributed by atoms with Crippen molar-refractivity contribution >= 4 is 22.1 Å². The molecule has 6 heteroatoms. The second-order valence-electron chi connectivity index (χ2n) is 5.49. The lowest BCUT2D eigenvalue weighted by molar-refractivity contribution is -0.383. The molecular weight excluding hydrogens is 268 g/mol. The van der Waals surface area contributed by atoms with Crippen LogP contribution in [0.2, 0.25) is 0 Å². The van der Waals surface area contributed by atoms with Crippen LogP contribution in [-0.2, 0) is 0 Å². The van der Waals surface area contributed by atoms with Crippen LogP contribution in [-0.4, -0.2) is 22.5 Å². The van der Waals surface area contributed by atoms with Crippen LogP contribution in [0.3, 0.4) is 0 Å². The van der Waals surface area contributed by atoms with E-state index < -0.39 is 0 Å². The number of fused-ring (bicyclic) bond motifs is 1. The minimum atomic E-state index is -0.357. The number of anilines is 1. The van der Waals surface area contributed by atoms with Gasteiger partial charge in [-0.3, -0.25) is 15.1 Å². The quantitative estimate of drug-likeness (QED) is 0.665. The molecule has 0 saturated heterocycles. The van der Waals surface area contributed by atoms with Crippen LogP contribution in [0.15, 0.2) is 30.6 Å². The fraction of sp³-hybridized carbons (Fsp3) is 0.400. The maximum absolute atomic E-state index is 11.1. The molecule has 0 aliphatic heterocycles. The van der Waals surface area contributed by atoms with Gasteiger partial charge in [0.2, 0.25) is 0 Å². The number of pyridine rings is 1. The Labute approximate surface area is 122 Å². The van der Waals surface area contributed by atoms with Crippen molar-refractivity contribution < 1.29 is 4.92 Å². The van der Waals surface area contributed by atoms with Gasteiger partial charge in [-0.15, -0.1) is 0 Å². The number of nitro groups is 1. The molecule has 6 nitrogen and oxygen atoms in total. The molecule has 110 valence electrons. The molecule has 1 fully saturated rings. The predicted octanol–water partition coefficient (Wildman–Crippen LogP) is 2.68. The number of rotatable bonds is 4. The second-order valence-corrected chi connectivity index (χ2v) is 5.49. The molecule has 0 radical (unpaired) electrons. The van der Waals surface area contributed by atoms with Crippen LogP contribution >= 0.6 is 0 Å². The minimum absolute atomic E-state index is 0.111. The zero-order valence-electron chi connectivity index (χ0n) is 11.7. The lowest BCUT2D eigenvalue weighted by Crippen LogP contribution is -2.29. The molecule has 3 rings (SSSR count). The Morgan fingerprint density at radius 1 is 1.33 bits per heavy atom. The van der Waals surface area contributed by atoms with E-state index in [4.69, 9.17) is 5.73 Å². The number of nitro benzene ring substituents is 1. The first-order valence-corrected chi connectivity index (χ1v) is 7.18. The topological polar surface area (TPSA) is 94.1 Å². The molecule has 0 bridgehead atoms. The van der Waals surface area contributed by atoms with Gasteiger partial charge < -0.3 is 11.1 Å². The number of aromatic nitrogens is 1. The van der Waals surface area contributed by atoms with E-state index in [-0.39, 0.29) is 10.6 Å². The summed E-state index contributed by atoms with van der Waals surface area (Å²) in [6.45, 7) is 0.667. The van der Waals surface area contributed by atoms with E-state index in [1.165, 1.54) is 6.42 Å². The monoisotopic (exact) mass is 286 g/mol. The van der Waals surface area contributed by atoms with Crippen LogP contribution in [0.1, 0.15) is 19.3 Å². The predicted molar refractivity (Wildman–Crippen MR) is 82.2 cm³/mol. The van der Waals surface area contributed by atoms with Gasteiger partial charge in [-0.1, -0.05) is 6.42 Å². The molecule has 1 aliphatic carbocycles. The van der Waals surface area contributed by atoms with Gasteiger partial charge in [0.1, 0.15) is 0 Å². The number of non-ortho nitro benzene ring substituents is 1. The Morgan fingerprint density at radius 2 is 2.19 bits per heavy atom. The van der Waals surface area contributed by atoms with Gasteiger partial charge in [-0.05, 0) is 37.4 Å². The normalized spacial score (nSPS) is 21.6. The van der Waals surface area contributed by atoms with E-state index in [2.05, 4.69) is 10.3 Å². The summed E-state index contributed by atoms with van der Waals surface area (Å²) in [5.74, 6) is 0.465. The first-order valence-electron chi connectivity index (χ1n) is 7.18. The van der Waals surface area contributed by atoms with E-state index in [1.54, 1.807) is 30.6 Å². The molecular formula is C15H18N4O2. The van der Waals surface area contributed by atoms with Gasteiger partial charge in [0.15, 0.2) is 0 Å². The van der Waals surface area contributed by atoms with Crippen LogP contribution in [0.5, 0.6) is 0 Å². The average Bonchev–Trinajstić information content (AvgIpc) is 2.94. The van der Waals surface area contributed by atoms with Crippen LogP contribution in [0, 0.1) is 16.0 Å². The van der Waals surface area contributed by atoms with Crippen molar-refractivity contribution in [2.24, 2.45) is 11.7 Å². The van der Waals surface area contributed by atoms with Crippen molar-refractivity contribution in [2.45, 2.75) is 25.3 Å². The maximum atomic E-state index is 11.1. The molecule has 2 unspecified atom stereocenters. The summed E-state index contributed by atoms with van der Waals surface area (Å²) < 4.78 is 0. The summed E-state index contributed by atoms with van der Waals surface area (Å²) in [4.78, 5) is 14.9. The average molecular weight is 286 g/mol. The highest BCUT2D eigenvalue weighted by Gasteiger charge is 2.26. The minimum Gasteiger partial charge on any atom is -0.381 e. The Balaban J connectivity index is 2.00. The molecule has 1 aliphatic rings. The number of nitrogens with one attached hydrogen (secondary N) is 1. The van der Waals surface area contributed by atoms with Gasteiger partial charge >= 0.3 is 0 Å². The van der Waals surface area contributed by atoms with Crippen molar-refractivity contribution in [1.29, 1.82) is 0 Å². The zero-order valence-corrected chi connectivity index (χ0v) is 11.7. The second kappa shape index (κ2) is 5.65. The van der Waals surface area contributed by atoms with Crippen molar-refractivity contribution in [2.75, 3.05) is 11.9 Å². The zero-order chi connectivity index (χ0) is 14.8. The first kappa shape index (κ1) is 13.8. The summed E-state index contributed by atoms with van der Waals surface area (Å²) in [5, 5.41) is 16.0. The van der Waals surface area contributed by atoms with Gasteiger partial charge in [0, 0.05) is 35.6 Å². The Kier molecular flexibility index (Phi) is 3.70. The highest BCUT2D eigenvalue weighted by atomic mass is 16.6. The van der Waals surface area contributed by atoms with Gasteiger partial charge in [-0.25, -0.2) is 0 Å². The summed E-state index contributed by atoms with van der Waals surface area (Å²) in [6.07, 6.45) is 6.65. The van der Waals surface area contributed by atoms with Crippen LogP contribution < -0.4 is 11.1 Å². The van der Waals surface area contributed by atoms with Crippen molar-refractivity contribution in [3.05, 3.63) is 40.7 Å². The van der Waals surface area contributed by atoms with E-state index in [0.29, 0.717) is 23.9 Å². The molecule has 2 aromatic rings. The SMILES string of the molecule is NCC1CCCC1Nc1ccc([N+](=O)[O-])c2ccncc12. The van der Waals surface area contributed by atoms with Crippen molar-refractivity contribution in [1.82, 2.24) is 4.98 Å². The Bertz CT molecular complexity index is 674. The van der Waals surface area contributed by atoms with Gasteiger partial charge in [0.25, 0.3) is 5.69 Å². The van der Waals surface area contributed by atoms with E-state index in [0.717, 1.165) is 23.9 Å². The smallest absolute Gasteiger partial charge is 0.277 e. The number of nitrogens with two attached hydrogens (primary N) is 1. The van der Waals surface area contributed by atoms with E-state index in [1.807, 2.05) is 0 Å². The largest absolute Gasteiger partial charge is 0.381 e. The molecule has 0 amide bonds. The van der Waals surface area contributed by atoms with Gasteiger partial charge in [0.05, 0.1) is 10.3 Å². The van der Waals surface area contributed by atoms with E-state index in [9.17, 15) is 10.1 Å². The Morgan fingerprint density at radius 3 is 2.95 bits per heavy atom. The molecule has 1 aromatic carbocycles. The van der Waals surface area contributed by atoms with Crippen LogP contribution in [0.25, 0.3) is 10.8 Å². The third-order valence-corrected chi connectivity index (χ3v) is 4.29. The fourth-order valence-corrected chi connectivity index (χ4v) is 3.17. The lowest BCUT2D eigenvalue weighted by Gasteiger charge is -2.21. The molecule has 0 spiro atoms. The highest BCUT2D eigenvalue weighted by molar-refractivity contribution is 5.99. The summed E-state index contributed by atoms with van der Waals surface area (Å²) in [6, 6.07) is 5.35. The van der Waals surface area contributed by atoms with Crippen LogP contribution in [0.4, 0.5) is 11.4 Å². The molecule has 1 saturated carbocycles. The first-order chi connectivity index (χ1) is 10.2. The maximum Gasteiger partial charge on any atom is 0.277 e. The standard InChI is InChI=1S/C15H18N4O2/c16-8-10-2-1-3-13(10)18-14-4-5-15(19(20)21)11-6-7-17-9-12(11)14/h4-7,9-10,13,18H,1-3,8,16H2. The summed E-state index contributed by atoms with van der Waals surface area (Å²) in [7, 11) is 0. The lowest BCUT2D eigenvalue weighted by atomic mass is 10.0. The van der Waals surface area contributed by atoms with Crippen molar-refractivity contribution in [3.8, 4) is 0 Å². The highest BCUT2D eigenvalue weighted by Crippen LogP contribution is 2.34. The number of benzene rings is 1. The molecule has 2 atom stereocenters. The fourth-order valence-electron chi connectivity index (χ4n) is 3.17.